The molecule has 2 atom stereocenters. The number of amides is 3. The number of nitro groups is 1. The Bertz CT molecular complexity index is 883. The number of imide groups is 1. The number of nitro benzene ring substituents is 1. The van der Waals surface area contributed by atoms with E-state index in [1.807, 2.05) is 15.9 Å². The van der Waals surface area contributed by atoms with Crippen LogP contribution < -0.4 is 4.90 Å². The number of aliphatic imine (C=N–C) groups is 1. The van der Waals surface area contributed by atoms with Crippen LogP contribution in [-0.2, 0) is 4.79 Å². The van der Waals surface area contributed by atoms with Gasteiger partial charge in [-0.1, -0.05) is 12.1 Å². The molecule has 2 saturated heterocycles. The number of hydrogen-bond donors (Lipinski definition) is 0. The van der Waals surface area contributed by atoms with Crippen LogP contribution >= 0.6 is 0 Å². The van der Waals surface area contributed by atoms with Crippen molar-refractivity contribution in [1.29, 1.82) is 0 Å². The van der Waals surface area contributed by atoms with Crippen LogP contribution in [0.5, 0.6) is 0 Å². The van der Waals surface area contributed by atoms with Crippen molar-refractivity contribution in [2.75, 3.05) is 58.3 Å². The average Bonchev–Trinajstić information content (AvgIpc) is 3.19. The van der Waals surface area contributed by atoms with Crippen molar-refractivity contribution in [2.45, 2.75) is 12.2 Å². The van der Waals surface area contributed by atoms with Crippen LogP contribution in [0.25, 0.3) is 0 Å². The molecule has 1 aromatic rings. The van der Waals surface area contributed by atoms with Crippen LogP contribution in [-0.4, -0.2) is 108 Å². The van der Waals surface area contributed by atoms with Crippen LogP contribution in [0.3, 0.4) is 0 Å². The summed E-state index contributed by atoms with van der Waals surface area (Å²) in [6, 6.07) is 6.00. The normalized spacial score (nSPS) is 24.6. The van der Waals surface area contributed by atoms with E-state index in [9.17, 15) is 19.7 Å². The van der Waals surface area contributed by atoms with E-state index in [2.05, 4.69) is 9.89 Å². The zero-order valence-electron chi connectivity index (χ0n) is 17.0. The first-order chi connectivity index (χ1) is 14.4. The topological polar surface area (TPSA) is 106 Å². The standard InChI is InChI=1S/C19H25N7O4/c1-21-17-16(18(27)22(2)19(21)28)25(13-20-17)12-9-23-7-10-24(11-8-23)14-5-3-4-6-15(14)26(29)30/h3-6,13,16-17H,7-12H2,1-2H3. The predicted octanol–water partition coefficient (Wildman–Crippen LogP) is 0.279. The lowest BCUT2D eigenvalue weighted by Crippen LogP contribution is -2.64. The third-order valence-corrected chi connectivity index (χ3v) is 6.04. The number of fused-ring (bicyclic) bond motifs is 1. The van der Waals surface area contributed by atoms with Crippen molar-refractivity contribution in [2.24, 2.45) is 4.99 Å². The van der Waals surface area contributed by atoms with Crippen molar-refractivity contribution >= 4 is 29.7 Å². The molecule has 2 unspecified atom stereocenters. The summed E-state index contributed by atoms with van der Waals surface area (Å²) >= 11 is 0. The van der Waals surface area contributed by atoms with E-state index in [0.717, 1.165) is 24.5 Å². The van der Waals surface area contributed by atoms with E-state index >= 15 is 0 Å². The third kappa shape index (κ3) is 3.45. The van der Waals surface area contributed by atoms with Gasteiger partial charge in [-0.2, -0.15) is 0 Å². The summed E-state index contributed by atoms with van der Waals surface area (Å²) in [7, 11) is 3.15. The van der Waals surface area contributed by atoms with Crippen LogP contribution in [0, 0.1) is 10.1 Å². The second-order valence-corrected chi connectivity index (χ2v) is 7.73. The molecule has 0 N–H and O–H groups in total. The number of anilines is 1. The Morgan fingerprint density at radius 2 is 1.80 bits per heavy atom. The molecule has 3 heterocycles. The lowest BCUT2D eigenvalue weighted by atomic mass is 10.1. The van der Waals surface area contributed by atoms with Gasteiger partial charge in [-0.25, -0.2) is 9.79 Å². The molecule has 3 aliphatic heterocycles. The van der Waals surface area contributed by atoms with Gasteiger partial charge in [0.15, 0.2) is 12.2 Å². The van der Waals surface area contributed by atoms with Crippen molar-refractivity contribution in [3.63, 3.8) is 0 Å². The van der Waals surface area contributed by atoms with E-state index < -0.39 is 12.2 Å². The number of piperazine rings is 1. The molecule has 0 saturated carbocycles. The van der Waals surface area contributed by atoms with E-state index in [0.29, 0.717) is 25.3 Å². The Morgan fingerprint density at radius 3 is 2.50 bits per heavy atom. The molecule has 3 amide bonds. The zero-order valence-corrected chi connectivity index (χ0v) is 17.0. The van der Waals surface area contributed by atoms with Crippen molar-refractivity contribution in [1.82, 2.24) is 19.6 Å². The van der Waals surface area contributed by atoms with E-state index in [1.165, 1.54) is 18.0 Å². The van der Waals surface area contributed by atoms with Crippen LogP contribution in [0.15, 0.2) is 29.3 Å². The second-order valence-electron chi connectivity index (χ2n) is 7.73. The van der Waals surface area contributed by atoms with Crippen molar-refractivity contribution < 1.29 is 14.5 Å². The average molecular weight is 415 g/mol. The Kier molecular flexibility index (Phi) is 5.29. The number of urea groups is 1. The van der Waals surface area contributed by atoms with E-state index in [4.69, 9.17) is 0 Å². The molecule has 160 valence electrons. The number of rotatable bonds is 5. The zero-order chi connectivity index (χ0) is 21.4. The van der Waals surface area contributed by atoms with E-state index in [1.54, 1.807) is 25.5 Å². The summed E-state index contributed by atoms with van der Waals surface area (Å²) in [6.45, 7) is 4.31. The van der Waals surface area contributed by atoms with Crippen molar-refractivity contribution in [3.8, 4) is 0 Å². The van der Waals surface area contributed by atoms with Gasteiger partial charge < -0.3 is 14.7 Å². The summed E-state index contributed by atoms with van der Waals surface area (Å²) in [5, 5.41) is 11.3. The number of carbonyl (C=O) groups is 2. The largest absolute Gasteiger partial charge is 0.363 e. The number of para-hydroxylation sites is 2. The van der Waals surface area contributed by atoms with Gasteiger partial charge in [0.1, 0.15) is 5.69 Å². The van der Waals surface area contributed by atoms with Gasteiger partial charge in [-0.3, -0.25) is 24.7 Å². The molecule has 11 heteroatoms. The first-order valence-corrected chi connectivity index (χ1v) is 9.92. The van der Waals surface area contributed by atoms with Gasteiger partial charge >= 0.3 is 6.03 Å². The molecule has 4 rings (SSSR count). The SMILES string of the molecule is CN1C(=O)C2C(N=CN2CCN2CCN(c3ccccc3[N+](=O)[O-])CC2)N(C)C1=O. The molecular formula is C19H25N7O4. The number of likely N-dealkylation sites (N-methyl/N-ethyl adjacent to an activating group) is 2. The molecule has 0 aliphatic carbocycles. The summed E-state index contributed by atoms with van der Waals surface area (Å²) in [4.78, 5) is 48.8. The summed E-state index contributed by atoms with van der Waals surface area (Å²) in [5.41, 5.74) is 0.782. The summed E-state index contributed by atoms with van der Waals surface area (Å²) < 4.78 is 0. The fourth-order valence-corrected chi connectivity index (χ4v) is 4.25. The van der Waals surface area contributed by atoms with Gasteiger partial charge in [-0.05, 0) is 6.07 Å². The molecule has 0 aromatic heterocycles. The maximum absolute atomic E-state index is 12.6. The maximum atomic E-state index is 12.6. The highest BCUT2D eigenvalue weighted by molar-refractivity contribution is 6.01. The molecule has 0 bridgehead atoms. The monoisotopic (exact) mass is 415 g/mol. The lowest BCUT2D eigenvalue weighted by Gasteiger charge is -2.40. The van der Waals surface area contributed by atoms with Gasteiger partial charge in [0.05, 0.1) is 11.3 Å². The highest BCUT2D eigenvalue weighted by Crippen LogP contribution is 2.28. The number of benzene rings is 1. The number of hydrogen-bond acceptors (Lipinski definition) is 8. The highest BCUT2D eigenvalue weighted by atomic mass is 16.6. The van der Waals surface area contributed by atoms with Gasteiger partial charge in [0.25, 0.3) is 11.6 Å². The molecule has 0 spiro atoms. The summed E-state index contributed by atoms with van der Waals surface area (Å²) in [5.74, 6) is -0.234. The molecule has 11 nitrogen and oxygen atoms in total. The molecular weight excluding hydrogens is 390 g/mol. The fourth-order valence-electron chi connectivity index (χ4n) is 4.25. The van der Waals surface area contributed by atoms with Crippen LogP contribution in [0.4, 0.5) is 16.2 Å². The fraction of sp³-hybridized carbons (Fsp3) is 0.526. The number of nitrogens with zero attached hydrogens (tertiary/aromatic N) is 7. The van der Waals surface area contributed by atoms with Gasteiger partial charge in [-0.15, -0.1) is 0 Å². The molecule has 3 aliphatic rings. The van der Waals surface area contributed by atoms with E-state index in [-0.39, 0.29) is 22.5 Å². The molecule has 30 heavy (non-hydrogen) atoms. The quantitative estimate of drug-likeness (QED) is 0.502. The van der Waals surface area contributed by atoms with Gasteiger partial charge in [0, 0.05) is 59.4 Å². The Hall–Kier alpha value is -3.21. The minimum atomic E-state index is -0.481. The summed E-state index contributed by atoms with van der Waals surface area (Å²) in [6.07, 6.45) is 1.19. The Morgan fingerprint density at radius 1 is 1.10 bits per heavy atom. The predicted molar refractivity (Wildman–Crippen MR) is 110 cm³/mol. The Balaban J connectivity index is 1.33. The first kappa shape index (κ1) is 20.1. The molecule has 1 aromatic carbocycles. The maximum Gasteiger partial charge on any atom is 0.328 e. The highest BCUT2D eigenvalue weighted by Gasteiger charge is 2.48. The van der Waals surface area contributed by atoms with Crippen molar-refractivity contribution in [3.05, 3.63) is 34.4 Å². The van der Waals surface area contributed by atoms with Gasteiger partial charge in [0.2, 0.25) is 0 Å². The smallest absolute Gasteiger partial charge is 0.328 e. The third-order valence-electron chi connectivity index (χ3n) is 6.04. The minimum Gasteiger partial charge on any atom is -0.363 e. The first-order valence-electron chi connectivity index (χ1n) is 9.92. The Labute approximate surface area is 174 Å². The molecule has 2 fully saturated rings. The number of carbonyl (C=O) groups excluding carboxylic acids is 2. The minimum absolute atomic E-state index is 0.129. The van der Waals surface area contributed by atoms with Crippen LogP contribution in [0.1, 0.15) is 0 Å². The second kappa shape index (κ2) is 7.90. The lowest BCUT2D eigenvalue weighted by molar-refractivity contribution is -0.384. The van der Waals surface area contributed by atoms with Crippen LogP contribution in [0.2, 0.25) is 0 Å². The molecule has 0 radical (unpaired) electrons.